The molecule has 1 fully saturated rings. The number of carbonyl (C=O) groups excluding carboxylic acids is 1. The predicted molar refractivity (Wildman–Crippen MR) is 81.7 cm³/mol. The molecule has 2 rings (SSSR count). The molecule has 1 N–H and O–H groups in total. The second-order valence-corrected chi connectivity index (χ2v) is 5.11. The van der Waals surface area contributed by atoms with E-state index in [9.17, 15) is 9.59 Å². The molecule has 0 aliphatic heterocycles. The maximum Gasteiger partial charge on any atom is 0.339 e. The molecule has 0 saturated heterocycles. The van der Waals surface area contributed by atoms with Gasteiger partial charge in [-0.05, 0) is 18.6 Å². The van der Waals surface area contributed by atoms with Crippen LogP contribution in [-0.2, 0) is 4.74 Å². The highest BCUT2D eigenvalue weighted by molar-refractivity contribution is 6.02. The molecule has 0 heterocycles. The number of carboxylic acids is 1. The fraction of sp³-hybridized carbons (Fsp3) is 0.529. The van der Waals surface area contributed by atoms with E-state index in [-0.39, 0.29) is 11.1 Å². The number of carboxylic acid groups (broad SMARTS) is 1. The molecular weight excluding hydrogens is 268 g/mol. The molecule has 1 aliphatic rings. The third-order valence-corrected chi connectivity index (χ3v) is 3.31. The summed E-state index contributed by atoms with van der Waals surface area (Å²) in [6, 6.07) is 6.00. The van der Waals surface area contributed by atoms with Crippen LogP contribution in [0.3, 0.4) is 0 Å². The van der Waals surface area contributed by atoms with Crippen LogP contribution >= 0.6 is 0 Å². The smallest absolute Gasteiger partial charge is 0.339 e. The highest BCUT2D eigenvalue weighted by Gasteiger charge is 2.16. The van der Waals surface area contributed by atoms with Gasteiger partial charge in [-0.25, -0.2) is 9.59 Å². The number of aromatic carboxylic acids is 1. The molecule has 1 saturated carbocycles. The number of carbonyl (C=O) groups is 2. The lowest BCUT2D eigenvalue weighted by Crippen LogP contribution is -2.11. The van der Waals surface area contributed by atoms with Crippen molar-refractivity contribution < 1.29 is 19.4 Å². The van der Waals surface area contributed by atoms with Gasteiger partial charge in [0.1, 0.15) is 0 Å². The Bertz CT molecular complexity index is 438. The van der Waals surface area contributed by atoms with Crippen molar-refractivity contribution in [3.8, 4) is 0 Å². The van der Waals surface area contributed by atoms with Gasteiger partial charge in [-0.1, -0.05) is 57.6 Å². The second kappa shape index (κ2) is 9.97. The topological polar surface area (TPSA) is 63.6 Å². The molecule has 4 nitrogen and oxygen atoms in total. The molecule has 116 valence electrons. The summed E-state index contributed by atoms with van der Waals surface area (Å²) >= 11 is 0. The molecule has 0 unspecified atom stereocenters. The van der Waals surface area contributed by atoms with Gasteiger partial charge in [-0.2, -0.15) is 0 Å². The van der Waals surface area contributed by atoms with Crippen LogP contribution in [0, 0.1) is 0 Å². The van der Waals surface area contributed by atoms with E-state index < -0.39 is 11.9 Å². The number of hydrogen-bond acceptors (Lipinski definition) is 3. The Labute approximate surface area is 126 Å². The van der Waals surface area contributed by atoms with Gasteiger partial charge in [0.25, 0.3) is 0 Å². The van der Waals surface area contributed by atoms with Gasteiger partial charge < -0.3 is 9.84 Å². The van der Waals surface area contributed by atoms with Crippen LogP contribution in [0.4, 0.5) is 0 Å². The van der Waals surface area contributed by atoms with Crippen molar-refractivity contribution in [2.24, 2.45) is 0 Å². The Balaban J connectivity index is 0.000000304. The minimum atomic E-state index is -1.13. The second-order valence-electron chi connectivity index (χ2n) is 5.11. The zero-order chi connectivity index (χ0) is 15.5. The van der Waals surface area contributed by atoms with Crippen LogP contribution in [0.1, 0.15) is 72.6 Å². The molecule has 0 radical (unpaired) electrons. The highest BCUT2D eigenvalue weighted by Crippen LogP contribution is 2.15. The number of esters is 1. The molecule has 4 heteroatoms. The van der Waals surface area contributed by atoms with Gasteiger partial charge in [-0.3, -0.25) is 0 Å². The van der Waals surface area contributed by atoms with Gasteiger partial charge in [0, 0.05) is 0 Å². The summed E-state index contributed by atoms with van der Waals surface area (Å²) in [6.07, 6.45) is 9.71. The third kappa shape index (κ3) is 6.43. The van der Waals surface area contributed by atoms with E-state index in [0.29, 0.717) is 13.0 Å². The van der Waals surface area contributed by atoms with Crippen LogP contribution in [0.2, 0.25) is 0 Å². The summed E-state index contributed by atoms with van der Waals surface area (Å²) in [4.78, 5) is 22.2. The van der Waals surface area contributed by atoms with Crippen LogP contribution < -0.4 is 0 Å². The summed E-state index contributed by atoms with van der Waals surface area (Å²) < 4.78 is 4.87. The lowest BCUT2D eigenvalue weighted by atomic mass is 10.0. The van der Waals surface area contributed by atoms with Gasteiger partial charge in [0.05, 0.1) is 17.7 Å². The fourth-order valence-corrected chi connectivity index (χ4v) is 2.18. The summed E-state index contributed by atoms with van der Waals surface area (Å²) in [5.41, 5.74) is 0.0667. The van der Waals surface area contributed by atoms with E-state index in [2.05, 4.69) is 0 Å². The monoisotopic (exact) mass is 292 g/mol. The summed E-state index contributed by atoms with van der Waals surface area (Å²) in [5, 5.41) is 8.83. The quantitative estimate of drug-likeness (QED) is 0.841. The molecule has 0 spiro atoms. The van der Waals surface area contributed by atoms with Crippen molar-refractivity contribution in [2.45, 2.75) is 51.9 Å². The summed E-state index contributed by atoms with van der Waals surface area (Å²) in [7, 11) is 0. The average molecular weight is 292 g/mol. The van der Waals surface area contributed by atoms with E-state index in [4.69, 9.17) is 9.84 Å². The molecule has 0 bridgehead atoms. The van der Waals surface area contributed by atoms with Gasteiger partial charge in [0.2, 0.25) is 0 Å². The Morgan fingerprint density at radius 1 is 1.00 bits per heavy atom. The molecular formula is C17H24O4. The van der Waals surface area contributed by atoms with E-state index in [1.807, 2.05) is 6.92 Å². The van der Waals surface area contributed by atoms with Crippen molar-refractivity contribution in [3.05, 3.63) is 35.4 Å². The Morgan fingerprint density at radius 2 is 1.48 bits per heavy atom. The molecule has 0 atom stereocenters. The normalized spacial score (nSPS) is 13.8. The van der Waals surface area contributed by atoms with Gasteiger partial charge in [-0.15, -0.1) is 0 Å². The van der Waals surface area contributed by atoms with Crippen molar-refractivity contribution >= 4 is 11.9 Å². The van der Waals surface area contributed by atoms with Crippen molar-refractivity contribution in [1.29, 1.82) is 0 Å². The first-order chi connectivity index (χ1) is 10.2. The van der Waals surface area contributed by atoms with E-state index >= 15 is 0 Å². The maximum atomic E-state index is 11.4. The molecule has 21 heavy (non-hydrogen) atoms. The van der Waals surface area contributed by atoms with Crippen molar-refractivity contribution in [2.75, 3.05) is 6.61 Å². The van der Waals surface area contributed by atoms with E-state index in [1.54, 1.807) is 12.1 Å². The lowest BCUT2D eigenvalue weighted by molar-refractivity contribution is 0.0494. The fourth-order valence-electron chi connectivity index (χ4n) is 2.18. The molecule has 1 aliphatic carbocycles. The minimum Gasteiger partial charge on any atom is -0.478 e. The van der Waals surface area contributed by atoms with Crippen LogP contribution in [0.15, 0.2) is 24.3 Å². The van der Waals surface area contributed by atoms with E-state index in [0.717, 1.165) is 0 Å². The Morgan fingerprint density at radius 3 is 1.90 bits per heavy atom. The number of hydrogen-bond donors (Lipinski definition) is 1. The number of benzene rings is 1. The predicted octanol–water partition coefficient (Wildman–Crippen LogP) is 4.29. The maximum absolute atomic E-state index is 11.4. The van der Waals surface area contributed by atoms with Gasteiger partial charge >= 0.3 is 11.9 Å². The van der Waals surface area contributed by atoms with E-state index in [1.165, 1.54) is 50.7 Å². The van der Waals surface area contributed by atoms with Crippen LogP contribution in [0.5, 0.6) is 0 Å². The largest absolute Gasteiger partial charge is 0.478 e. The molecule has 0 amide bonds. The number of ether oxygens (including phenoxy) is 1. The molecule has 0 aromatic heterocycles. The molecule has 1 aromatic rings. The zero-order valence-corrected chi connectivity index (χ0v) is 12.6. The van der Waals surface area contributed by atoms with Crippen molar-refractivity contribution in [1.82, 2.24) is 0 Å². The Hall–Kier alpha value is -1.84. The average Bonchev–Trinajstić information content (AvgIpc) is 2.54. The summed E-state index contributed by atoms with van der Waals surface area (Å²) in [6.45, 7) is 2.17. The SMILES string of the molecule is C1CCCCC1.CCCOC(=O)c1ccccc1C(=O)O. The Kier molecular flexibility index (Phi) is 8.17. The zero-order valence-electron chi connectivity index (χ0n) is 12.6. The highest BCUT2D eigenvalue weighted by atomic mass is 16.5. The first-order valence-corrected chi connectivity index (χ1v) is 7.66. The third-order valence-electron chi connectivity index (χ3n) is 3.31. The number of rotatable bonds is 4. The summed E-state index contributed by atoms with van der Waals surface area (Å²) in [5.74, 6) is -1.71. The minimum absolute atomic E-state index is 0.0291. The first kappa shape index (κ1) is 17.2. The standard InChI is InChI=1S/C11H12O4.C6H12/c1-2-7-15-11(14)9-6-4-3-5-8(9)10(12)13;1-2-4-6-5-3-1/h3-6H,2,7H2,1H3,(H,12,13);1-6H2. The first-order valence-electron chi connectivity index (χ1n) is 7.66. The van der Waals surface area contributed by atoms with Gasteiger partial charge in [0.15, 0.2) is 0 Å². The van der Waals surface area contributed by atoms with Crippen LogP contribution in [0.25, 0.3) is 0 Å². The van der Waals surface area contributed by atoms with Crippen LogP contribution in [-0.4, -0.2) is 23.7 Å². The van der Waals surface area contributed by atoms with Crippen molar-refractivity contribution in [3.63, 3.8) is 0 Å². The molecule has 1 aromatic carbocycles. The lowest BCUT2D eigenvalue weighted by Gasteiger charge is -2.05.